The minimum atomic E-state index is -0.238. The van der Waals surface area contributed by atoms with Crippen LogP contribution in [0, 0.1) is 6.92 Å². The summed E-state index contributed by atoms with van der Waals surface area (Å²) in [4.78, 5) is 12.2. The molecule has 0 bridgehead atoms. The van der Waals surface area contributed by atoms with Crippen LogP contribution in [0.5, 0.6) is 5.88 Å². The first-order chi connectivity index (χ1) is 10.1. The number of fused-ring (bicyclic) bond motifs is 1. The third-order valence-corrected chi connectivity index (χ3v) is 3.74. The Bertz CT molecular complexity index is 823. The molecule has 0 unspecified atom stereocenters. The summed E-state index contributed by atoms with van der Waals surface area (Å²) in [6.07, 6.45) is 0. The maximum atomic E-state index is 12.2. The van der Waals surface area contributed by atoms with Crippen molar-refractivity contribution < 1.29 is 9.53 Å². The number of aromatic nitrogens is 4. The van der Waals surface area contributed by atoms with Crippen LogP contribution in [0.2, 0.25) is 0 Å². The molecule has 0 aliphatic rings. The molecule has 3 aromatic rings. The lowest BCUT2D eigenvalue weighted by Crippen LogP contribution is -2.11. The van der Waals surface area contributed by atoms with E-state index in [1.165, 1.54) is 11.3 Å². The fourth-order valence-electron chi connectivity index (χ4n) is 2.08. The van der Waals surface area contributed by atoms with Gasteiger partial charge in [0.25, 0.3) is 5.91 Å². The van der Waals surface area contributed by atoms with Crippen molar-refractivity contribution in [3.63, 3.8) is 0 Å². The van der Waals surface area contributed by atoms with Gasteiger partial charge in [-0.25, -0.2) is 4.68 Å². The Hall–Kier alpha value is -2.48. The monoisotopic (exact) mass is 303 g/mol. The molecule has 0 radical (unpaired) electrons. The Morgan fingerprint density at radius 2 is 2.19 bits per heavy atom. The number of carbonyl (C=O) groups is 1. The number of benzene rings is 1. The van der Waals surface area contributed by atoms with Gasteiger partial charge in [-0.05, 0) is 25.1 Å². The quantitative estimate of drug-likeness (QED) is 0.800. The number of hydrogen-bond acceptors (Lipinski definition) is 6. The van der Waals surface area contributed by atoms with Crippen molar-refractivity contribution in [3.05, 3.63) is 28.8 Å². The van der Waals surface area contributed by atoms with Gasteiger partial charge in [-0.3, -0.25) is 10.1 Å². The fourth-order valence-corrected chi connectivity index (χ4v) is 2.66. The number of amides is 1. The molecule has 0 spiro atoms. The minimum absolute atomic E-state index is 0.238. The first-order valence-corrected chi connectivity index (χ1v) is 7.02. The fraction of sp³-hybridized carbons (Fsp3) is 0.231. The Morgan fingerprint density at radius 3 is 2.86 bits per heavy atom. The lowest BCUT2D eigenvalue weighted by atomic mass is 10.1. The van der Waals surface area contributed by atoms with Gasteiger partial charge in [-0.15, -0.1) is 10.2 Å². The molecule has 1 amide bonds. The van der Waals surface area contributed by atoms with Gasteiger partial charge in [-0.1, -0.05) is 11.3 Å². The predicted molar refractivity (Wildman–Crippen MR) is 79.9 cm³/mol. The van der Waals surface area contributed by atoms with Gasteiger partial charge < -0.3 is 4.74 Å². The second-order valence-corrected chi connectivity index (χ2v) is 5.63. The van der Waals surface area contributed by atoms with Crippen LogP contribution in [0.25, 0.3) is 10.9 Å². The highest BCUT2D eigenvalue weighted by atomic mass is 32.1. The molecule has 0 atom stereocenters. The van der Waals surface area contributed by atoms with Crippen molar-refractivity contribution in [3.8, 4) is 5.88 Å². The van der Waals surface area contributed by atoms with Gasteiger partial charge in [-0.2, -0.15) is 5.10 Å². The van der Waals surface area contributed by atoms with E-state index in [-0.39, 0.29) is 5.91 Å². The van der Waals surface area contributed by atoms with Gasteiger partial charge in [0.05, 0.1) is 18.0 Å². The van der Waals surface area contributed by atoms with Crippen LogP contribution < -0.4 is 10.1 Å². The average Bonchev–Trinajstić information content (AvgIpc) is 3.00. The summed E-state index contributed by atoms with van der Waals surface area (Å²) >= 11 is 1.33. The number of hydrogen-bond donors (Lipinski definition) is 1. The maximum Gasteiger partial charge on any atom is 0.257 e. The van der Waals surface area contributed by atoms with Crippen molar-refractivity contribution in [2.24, 2.45) is 7.05 Å². The number of anilines is 1. The number of rotatable bonds is 3. The summed E-state index contributed by atoms with van der Waals surface area (Å²) in [5, 5.41) is 16.9. The van der Waals surface area contributed by atoms with Crippen LogP contribution in [0.15, 0.2) is 18.2 Å². The molecule has 1 N–H and O–H groups in total. The van der Waals surface area contributed by atoms with Crippen molar-refractivity contribution in [1.29, 1.82) is 0 Å². The highest BCUT2D eigenvalue weighted by molar-refractivity contribution is 7.15. The zero-order valence-electron chi connectivity index (χ0n) is 11.7. The van der Waals surface area contributed by atoms with E-state index < -0.39 is 0 Å². The molecule has 0 aliphatic heterocycles. The van der Waals surface area contributed by atoms with Crippen molar-refractivity contribution >= 4 is 33.3 Å². The maximum absolute atomic E-state index is 12.2. The van der Waals surface area contributed by atoms with E-state index in [9.17, 15) is 4.79 Å². The lowest BCUT2D eigenvalue weighted by Gasteiger charge is -2.01. The van der Waals surface area contributed by atoms with E-state index in [1.54, 1.807) is 31.0 Å². The Kier molecular flexibility index (Phi) is 3.30. The van der Waals surface area contributed by atoms with E-state index in [2.05, 4.69) is 20.6 Å². The summed E-state index contributed by atoms with van der Waals surface area (Å²) in [5.41, 5.74) is 1.21. The van der Waals surface area contributed by atoms with Crippen LogP contribution in [0.3, 0.4) is 0 Å². The predicted octanol–water partition coefficient (Wildman–Crippen LogP) is 1.99. The molecular weight excluding hydrogens is 290 g/mol. The highest BCUT2D eigenvalue weighted by Gasteiger charge is 2.14. The second-order valence-electron chi connectivity index (χ2n) is 4.45. The largest absolute Gasteiger partial charge is 0.481 e. The molecule has 2 heterocycles. The number of nitrogens with one attached hydrogen (secondary N) is 1. The van der Waals surface area contributed by atoms with Gasteiger partial charge in [0.15, 0.2) is 0 Å². The number of ether oxygens (including phenoxy) is 1. The summed E-state index contributed by atoms with van der Waals surface area (Å²) < 4.78 is 6.92. The van der Waals surface area contributed by atoms with Crippen LogP contribution in [0.1, 0.15) is 15.4 Å². The molecule has 1 aromatic carbocycles. The molecule has 2 aromatic heterocycles. The number of aryl methyl sites for hydroxylation is 2. The van der Waals surface area contributed by atoms with Crippen LogP contribution in [-0.2, 0) is 7.05 Å². The highest BCUT2D eigenvalue weighted by Crippen LogP contribution is 2.25. The Labute approximate surface area is 124 Å². The number of methoxy groups -OCH3 is 1. The molecule has 0 saturated heterocycles. The van der Waals surface area contributed by atoms with E-state index in [4.69, 9.17) is 4.74 Å². The second kappa shape index (κ2) is 5.13. The average molecular weight is 303 g/mol. The van der Waals surface area contributed by atoms with E-state index in [0.717, 1.165) is 10.4 Å². The molecule has 0 saturated carbocycles. The van der Waals surface area contributed by atoms with E-state index in [1.807, 2.05) is 13.0 Å². The third-order valence-electron chi connectivity index (χ3n) is 2.98. The molecular formula is C13H13N5O2S. The molecule has 21 heavy (non-hydrogen) atoms. The van der Waals surface area contributed by atoms with Gasteiger partial charge in [0, 0.05) is 12.6 Å². The molecule has 0 fully saturated rings. The SMILES string of the molecule is COc1c2ccc(C(=O)Nc3nnc(C)s3)cc2nn1C. The van der Waals surface area contributed by atoms with Crippen molar-refractivity contribution in [1.82, 2.24) is 20.0 Å². The number of nitrogens with zero attached hydrogens (tertiary/aromatic N) is 4. The number of carbonyl (C=O) groups excluding carboxylic acids is 1. The van der Waals surface area contributed by atoms with Gasteiger partial charge >= 0.3 is 0 Å². The third kappa shape index (κ3) is 2.45. The molecule has 108 valence electrons. The molecule has 3 rings (SSSR count). The first-order valence-electron chi connectivity index (χ1n) is 6.20. The summed E-state index contributed by atoms with van der Waals surface area (Å²) in [7, 11) is 3.39. The molecule has 7 nitrogen and oxygen atoms in total. The Morgan fingerprint density at radius 1 is 1.38 bits per heavy atom. The van der Waals surface area contributed by atoms with Crippen molar-refractivity contribution in [2.75, 3.05) is 12.4 Å². The summed E-state index contributed by atoms with van der Waals surface area (Å²) in [6.45, 7) is 1.83. The standard InChI is InChI=1S/C13H13N5O2S/c1-7-15-16-13(21-7)14-11(19)8-4-5-9-10(6-8)17-18(2)12(9)20-3/h4-6H,1-3H3,(H,14,16,19). The first kappa shape index (κ1) is 13.5. The Balaban J connectivity index is 1.92. The van der Waals surface area contributed by atoms with Crippen LogP contribution in [-0.4, -0.2) is 33.0 Å². The normalized spacial score (nSPS) is 10.8. The summed E-state index contributed by atoms with van der Waals surface area (Å²) in [6, 6.07) is 5.28. The van der Waals surface area contributed by atoms with Gasteiger partial charge in [0.2, 0.25) is 11.0 Å². The molecule has 8 heteroatoms. The smallest absolute Gasteiger partial charge is 0.257 e. The summed E-state index contributed by atoms with van der Waals surface area (Å²) in [5.74, 6) is 0.425. The van der Waals surface area contributed by atoms with Crippen molar-refractivity contribution in [2.45, 2.75) is 6.92 Å². The lowest BCUT2D eigenvalue weighted by molar-refractivity contribution is 0.102. The van der Waals surface area contributed by atoms with Gasteiger partial charge in [0.1, 0.15) is 5.01 Å². The zero-order valence-corrected chi connectivity index (χ0v) is 12.6. The van der Waals surface area contributed by atoms with Crippen LogP contribution in [0.4, 0.5) is 5.13 Å². The topological polar surface area (TPSA) is 81.9 Å². The van der Waals surface area contributed by atoms with Crippen LogP contribution >= 0.6 is 11.3 Å². The zero-order chi connectivity index (χ0) is 15.0. The minimum Gasteiger partial charge on any atom is -0.481 e. The van der Waals surface area contributed by atoms with E-state index >= 15 is 0 Å². The van der Waals surface area contributed by atoms with E-state index in [0.29, 0.717) is 22.1 Å². The molecule has 0 aliphatic carbocycles.